The largest absolute Gasteiger partial charge is 0.309 e. The Hall–Kier alpha value is -10.4. The molecule has 0 spiro atoms. The molecule has 0 fully saturated rings. The minimum atomic E-state index is 0.932. The molecule has 0 bridgehead atoms. The highest BCUT2D eigenvalue weighted by Crippen LogP contribution is 2.40. The van der Waals surface area contributed by atoms with Crippen LogP contribution in [0.25, 0.3) is 144 Å². The van der Waals surface area contributed by atoms with Crippen LogP contribution in [-0.4, -0.2) is 14.1 Å². The molecule has 15 aromatic rings. The van der Waals surface area contributed by atoms with Crippen molar-refractivity contribution >= 4 is 54.5 Å². The first-order valence-corrected chi connectivity index (χ1v) is 28.2. The Balaban J connectivity index is 0.806. The van der Waals surface area contributed by atoms with Gasteiger partial charge in [0.15, 0.2) is 0 Å². The molecule has 0 aliphatic heterocycles. The maximum atomic E-state index is 5.49. The number of fused-ring (bicyclic) bond motifs is 7. The quantitative estimate of drug-likeness (QED) is 0.127. The third kappa shape index (κ3) is 8.68. The predicted octanol–water partition coefficient (Wildman–Crippen LogP) is 21.1. The molecule has 81 heavy (non-hydrogen) atoms. The first-order chi connectivity index (χ1) is 40.1. The number of rotatable bonds is 11. The topological polar surface area (TPSA) is 22.8 Å². The maximum absolute atomic E-state index is 5.49. The molecule has 3 aromatic heterocycles. The van der Waals surface area contributed by atoms with Gasteiger partial charge in [0.2, 0.25) is 0 Å². The maximum Gasteiger partial charge on any atom is 0.0716 e. The highest BCUT2D eigenvalue weighted by atomic mass is 15.0. The molecule has 3 heterocycles. The van der Waals surface area contributed by atoms with Crippen molar-refractivity contribution in [1.82, 2.24) is 14.1 Å². The Kier molecular flexibility index (Phi) is 11.9. The summed E-state index contributed by atoms with van der Waals surface area (Å²) in [6.07, 6.45) is 2.21. The molecular weight excluding hydrogens is 979 g/mol. The number of aryl methyl sites for hydroxylation is 1. The van der Waals surface area contributed by atoms with Gasteiger partial charge in [-0.3, -0.25) is 0 Å². The Bertz CT molecular complexity index is 4790. The van der Waals surface area contributed by atoms with E-state index < -0.39 is 0 Å². The van der Waals surface area contributed by atoms with Crippen LogP contribution in [0.5, 0.6) is 0 Å². The zero-order valence-corrected chi connectivity index (χ0v) is 45.0. The van der Waals surface area contributed by atoms with Crippen molar-refractivity contribution in [3.8, 4) is 89.4 Å². The van der Waals surface area contributed by atoms with Crippen LogP contribution >= 0.6 is 0 Å². The number of para-hydroxylation sites is 4. The third-order valence-corrected chi connectivity index (χ3v) is 16.4. The molecule has 0 aliphatic rings. The second-order valence-electron chi connectivity index (χ2n) is 21.4. The summed E-state index contributed by atoms with van der Waals surface area (Å²) < 4.78 is 4.78. The third-order valence-electron chi connectivity index (χ3n) is 16.4. The van der Waals surface area contributed by atoms with E-state index in [9.17, 15) is 0 Å². The van der Waals surface area contributed by atoms with Crippen molar-refractivity contribution in [2.75, 3.05) is 0 Å². The minimum Gasteiger partial charge on any atom is -0.309 e. The van der Waals surface area contributed by atoms with Crippen molar-refractivity contribution in [3.63, 3.8) is 0 Å². The van der Waals surface area contributed by atoms with E-state index in [-0.39, 0.29) is 0 Å². The average molecular weight is 1030 g/mol. The second-order valence-corrected chi connectivity index (χ2v) is 21.4. The molecule has 0 radical (unpaired) electrons. The molecule has 0 N–H and O–H groups in total. The fourth-order valence-electron chi connectivity index (χ4n) is 12.5. The molecule has 382 valence electrons. The van der Waals surface area contributed by atoms with Gasteiger partial charge in [-0.1, -0.05) is 214 Å². The van der Waals surface area contributed by atoms with Gasteiger partial charge in [-0.05, 0) is 170 Å². The fourth-order valence-corrected chi connectivity index (χ4v) is 12.5. The fraction of sp³-hybridized carbons (Fsp3) is 0.0385. The van der Waals surface area contributed by atoms with Crippen molar-refractivity contribution in [1.29, 1.82) is 0 Å². The minimum absolute atomic E-state index is 0.932. The van der Waals surface area contributed by atoms with E-state index in [1.165, 1.54) is 82.6 Å². The van der Waals surface area contributed by atoms with Gasteiger partial charge >= 0.3 is 0 Å². The van der Waals surface area contributed by atoms with Crippen molar-refractivity contribution < 1.29 is 0 Å². The Morgan fingerprint density at radius 3 is 1.10 bits per heavy atom. The lowest BCUT2D eigenvalue weighted by molar-refractivity contribution is 0.922. The Morgan fingerprint density at radius 1 is 0.272 bits per heavy atom. The molecule has 0 unspecified atom stereocenters. The highest BCUT2D eigenvalue weighted by Gasteiger charge is 2.17. The average Bonchev–Trinajstić information content (AvgIpc) is 4.13. The van der Waals surface area contributed by atoms with E-state index in [0.29, 0.717) is 0 Å². The van der Waals surface area contributed by atoms with Gasteiger partial charge in [-0.2, -0.15) is 0 Å². The van der Waals surface area contributed by atoms with Crippen LogP contribution in [0.2, 0.25) is 0 Å². The summed E-state index contributed by atoms with van der Waals surface area (Å²) in [7, 11) is 0. The SMILES string of the molecule is CCCc1ccc(-c2cccc(-c3cc(-c4cccc(-c5cccc(-c6cccc(-n7c8ccccc8c8ccccc87)c6)c5)c4)nc4ccc(-c5cccc(-c6cccc(-n7c8ccccc8c8ccccc87)c6)c5)cc34)c2)cc1. The summed E-state index contributed by atoms with van der Waals surface area (Å²) in [4.78, 5) is 5.49. The van der Waals surface area contributed by atoms with E-state index in [0.717, 1.165) is 79.8 Å². The molecule has 3 nitrogen and oxygen atoms in total. The van der Waals surface area contributed by atoms with Crippen molar-refractivity contribution in [2.24, 2.45) is 0 Å². The number of hydrogen-bond donors (Lipinski definition) is 0. The molecular formula is C78H55N3. The van der Waals surface area contributed by atoms with E-state index in [2.05, 4.69) is 307 Å². The molecule has 15 rings (SSSR count). The molecule has 3 heteroatoms. The summed E-state index contributed by atoms with van der Waals surface area (Å²) in [5.41, 5.74) is 25.4. The van der Waals surface area contributed by atoms with Crippen LogP contribution in [0.15, 0.2) is 291 Å². The van der Waals surface area contributed by atoms with Crippen molar-refractivity contribution in [2.45, 2.75) is 19.8 Å². The molecule has 0 aliphatic carbocycles. The molecule has 0 amide bonds. The van der Waals surface area contributed by atoms with Gasteiger partial charge < -0.3 is 9.13 Å². The summed E-state index contributed by atoms with van der Waals surface area (Å²) in [5, 5.41) is 6.15. The van der Waals surface area contributed by atoms with E-state index in [1.54, 1.807) is 0 Å². The number of pyridine rings is 1. The van der Waals surface area contributed by atoms with Crippen LogP contribution in [0.1, 0.15) is 18.9 Å². The summed E-state index contributed by atoms with van der Waals surface area (Å²) >= 11 is 0. The van der Waals surface area contributed by atoms with E-state index in [4.69, 9.17) is 4.98 Å². The van der Waals surface area contributed by atoms with Crippen LogP contribution in [-0.2, 0) is 6.42 Å². The molecule has 0 atom stereocenters. The zero-order valence-electron chi connectivity index (χ0n) is 45.0. The monoisotopic (exact) mass is 1030 g/mol. The summed E-state index contributed by atoms with van der Waals surface area (Å²) in [6, 6.07) is 107. The molecule has 0 saturated heterocycles. The number of aromatic nitrogens is 3. The van der Waals surface area contributed by atoms with E-state index in [1.807, 2.05) is 0 Å². The smallest absolute Gasteiger partial charge is 0.0716 e. The van der Waals surface area contributed by atoms with Crippen LogP contribution in [0, 0.1) is 0 Å². The van der Waals surface area contributed by atoms with Gasteiger partial charge in [0.05, 0.1) is 33.3 Å². The van der Waals surface area contributed by atoms with Crippen LogP contribution in [0.4, 0.5) is 0 Å². The lowest BCUT2D eigenvalue weighted by Gasteiger charge is -2.15. The second kappa shape index (κ2) is 20.1. The van der Waals surface area contributed by atoms with Gasteiger partial charge in [-0.25, -0.2) is 4.98 Å². The number of hydrogen-bond acceptors (Lipinski definition) is 1. The predicted molar refractivity (Wildman–Crippen MR) is 342 cm³/mol. The summed E-state index contributed by atoms with van der Waals surface area (Å²) in [6.45, 7) is 2.24. The van der Waals surface area contributed by atoms with Gasteiger partial charge in [0, 0.05) is 43.9 Å². The van der Waals surface area contributed by atoms with Crippen LogP contribution in [0.3, 0.4) is 0 Å². The van der Waals surface area contributed by atoms with Gasteiger partial charge in [-0.15, -0.1) is 0 Å². The standard InChI is InChI=1S/C78H55N3/c1-2-17-52-38-40-53(41-39-52)54-18-13-26-63(46-54)71-51-74(64-27-14-23-59(47-64)55-19-11-20-56(44-55)60-24-15-28-65(48-60)80-75-34-7-3-30-67(75)68-31-4-8-35-76(68)80)79-73-43-42-62(50-72(71)73)58-22-12-21-57(45-58)61-25-16-29-66(49-61)81-77-36-9-5-32-69(77)70-33-6-10-37-78(70)81/h3-16,18-51H,2,17H2,1H3. The lowest BCUT2D eigenvalue weighted by Crippen LogP contribution is -1.94. The zero-order chi connectivity index (χ0) is 53.8. The number of nitrogens with zero attached hydrogens (tertiary/aromatic N) is 3. The van der Waals surface area contributed by atoms with Gasteiger partial charge in [0.25, 0.3) is 0 Å². The molecule has 12 aromatic carbocycles. The van der Waals surface area contributed by atoms with Crippen LogP contribution < -0.4 is 0 Å². The van der Waals surface area contributed by atoms with Crippen molar-refractivity contribution in [3.05, 3.63) is 297 Å². The molecule has 0 saturated carbocycles. The first kappa shape index (κ1) is 47.8. The summed E-state index contributed by atoms with van der Waals surface area (Å²) in [5.74, 6) is 0. The first-order valence-electron chi connectivity index (χ1n) is 28.2. The lowest BCUT2D eigenvalue weighted by atomic mass is 9.92. The van der Waals surface area contributed by atoms with Gasteiger partial charge in [0.1, 0.15) is 0 Å². The number of benzene rings is 12. The Morgan fingerprint density at radius 2 is 0.630 bits per heavy atom. The normalized spacial score (nSPS) is 11.6. The highest BCUT2D eigenvalue weighted by molar-refractivity contribution is 6.10. The van der Waals surface area contributed by atoms with E-state index >= 15 is 0 Å². The Labute approximate surface area is 472 Å².